The van der Waals surface area contributed by atoms with Gasteiger partial charge in [0.1, 0.15) is 0 Å². The Morgan fingerprint density at radius 3 is 1.58 bits per heavy atom. The molecule has 6 nitrogen and oxygen atoms in total. The van der Waals surface area contributed by atoms with Crippen LogP contribution in [0.25, 0.3) is 0 Å². The third-order valence-corrected chi connectivity index (χ3v) is 2.95. The zero-order chi connectivity index (χ0) is 18.6. The minimum absolute atomic E-state index is 0. The largest absolute Gasteiger partial charge is 0.481 e. The molecular weight excluding hydrogens is 348 g/mol. The summed E-state index contributed by atoms with van der Waals surface area (Å²) in [4.78, 5) is 27.0. The van der Waals surface area contributed by atoms with Crippen molar-refractivity contribution in [2.75, 3.05) is 0 Å². The van der Waals surface area contributed by atoms with Crippen LogP contribution in [0.15, 0.2) is 6.07 Å². The van der Waals surface area contributed by atoms with E-state index in [2.05, 4.69) is 19.9 Å². The van der Waals surface area contributed by atoms with E-state index in [4.69, 9.17) is 29.7 Å². The Hall–Kier alpha value is -1.53. The van der Waals surface area contributed by atoms with Crippen LogP contribution >= 0.6 is 0 Å². The maximum Gasteiger partial charge on any atom is 0.300 e. The number of fused-ring (bicyclic) bond motifs is 1. The molecule has 24 heavy (non-hydrogen) atoms. The number of hydrogen-bond donors (Lipinski definition) is 3. The first-order valence-corrected chi connectivity index (χ1v) is 7.32. The Labute approximate surface area is 158 Å². The molecule has 1 aromatic carbocycles. The molecule has 0 saturated heterocycles. The molecule has 2 rings (SSSR count). The Morgan fingerprint density at radius 2 is 1.25 bits per heavy atom. The van der Waals surface area contributed by atoms with Crippen molar-refractivity contribution in [1.29, 1.82) is 0 Å². The van der Waals surface area contributed by atoms with E-state index in [0.717, 1.165) is 20.8 Å². The van der Waals surface area contributed by atoms with E-state index in [0.29, 0.717) is 0 Å². The number of carbonyl (C=O) groups is 3. The Bertz CT molecular complexity index is 479. The first-order chi connectivity index (χ1) is 10.5. The molecule has 0 unspecified atom stereocenters. The Morgan fingerprint density at radius 1 is 0.917 bits per heavy atom. The molecule has 7 heteroatoms. The molecule has 1 aromatic rings. The second kappa shape index (κ2) is 15.0. The zero-order valence-corrected chi connectivity index (χ0v) is 16.5. The van der Waals surface area contributed by atoms with Crippen molar-refractivity contribution in [2.45, 2.75) is 60.3 Å². The molecule has 0 aromatic heterocycles. The van der Waals surface area contributed by atoms with Gasteiger partial charge in [0, 0.05) is 42.5 Å². The molecule has 0 heterocycles. The van der Waals surface area contributed by atoms with Crippen LogP contribution in [-0.4, -0.2) is 33.2 Å². The second-order valence-electron chi connectivity index (χ2n) is 5.22. The number of aryl methyl sites for hydroxylation is 2. The predicted octanol–water partition coefficient (Wildman–Crippen LogP) is 3.17. The van der Waals surface area contributed by atoms with E-state index in [1.165, 1.54) is 31.2 Å². The predicted molar refractivity (Wildman–Crippen MR) is 88.1 cm³/mol. The third-order valence-electron chi connectivity index (χ3n) is 2.95. The summed E-state index contributed by atoms with van der Waals surface area (Å²) in [7, 11) is 0. The standard InChI is InChI=1S/C11H15.3C2H4O2.Ti/c1-8-7-10-5-3-4-6-11(10)9(8)2;3*1-2(3)4;/h7H,3-6H2,1-2H3;3*1H3,(H,3,4);/q-1;;;;. The van der Waals surface area contributed by atoms with Crippen LogP contribution < -0.4 is 0 Å². The number of aliphatic carboxylic acids is 3. The van der Waals surface area contributed by atoms with Gasteiger partial charge in [0.05, 0.1) is 0 Å². The van der Waals surface area contributed by atoms with Gasteiger partial charge in [0.2, 0.25) is 0 Å². The van der Waals surface area contributed by atoms with Crippen molar-refractivity contribution in [3.05, 3.63) is 28.3 Å². The molecule has 0 bridgehead atoms. The van der Waals surface area contributed by atoms with E-state index in [1.807, 2.05) is 0 Å². The summed E-state index contributed by atoms with van der Waals surface area (Å²) in [6.07, 6.45) is 5.45. The van der Waals surface area contributed by atoms with Crippen LogP contribution in [0.2, 0.25) is 0 Å². The van der Waals surface area contributed by atoms with Gasteiger partial charge >= 0.3 is 0 Å². The van der Waals surface area contributed by atoms with Crippen molar-refractivity contribution in [3.8, 4) is 0 Å². The molecule has 0 spiro atoms. The molecule has 0 atom stereocenters. The zero-order valence-electron chi connectivity index (χ0n) is 15.0. The van der Waals surface area contributed by atoms with E-state index in [1.54, 1.807) is 16.7 Å². The smallest absolute Gasteiger partial charge is 0.300 e. The summed E-state index contributed by atoms with van der Waals surface area (Å²) in [5, 5.41) is 22.2. The summed E-state index contributed by atoms with van der Waals surface area (Å²) < 4.78 is 0. The maximum atomic E-state index is 9.00. The van der Waals surface area contributed by atoms with Crippen LogP contribution in [0.5, 0.6) is 0 Å². The SMILES string of the molecule is CC(=O)O.CC(=O)O.CC(=O)O.Cc1cc2c([c-]1C)CCCC2.[Ti]. The van der Waals surface area contributed by atoms with Gasteiger partial charge in [0.25, 0.3) is 17.9 Å². The number of carboxylic acids is 3. The van der Waals surface area contributed by atoms with Crippen molar-refractivity contribution < 1.29 is 51.4 Å². The normalized spacial score (nSPS) is 10.7. The van der Waals surface area contributed by atoms with E-state index in [9.17, 15) is 0 Å². The fourth-order valence-corrected chi connectivity index (χ4v) is 2.12. The summed E-state index contributed by atoms with van der Waals surface area (Å²) >= 11 is 0. The van der Waals surface area contributed by atoms with E-state index >= 15 is 0 Å². The van der Waals surface area contributed by atoms with E-state index < -0.39 is 17.9 Å². The number of rotatable bonds is 0. The summed E-state index contributed by atoms with van der Waals surface area (Å²) in [5.74, 6) is -2.50. The average Bonchev–Trinajstić information content (AvgIpc) is 2.64. The first kappa shape index (κ1) is 27.3. The summed E-state index contributed by atoms with van der Waals surface area (Å²) in [6.45, 7) is 7.74. The fraction of sp³-hybridized carbons (Fsp3) is 0.529. The molecule has 0 fully saturated rings. The fourth-order valence-electron chi connectivity index (χ4n) is 2.12. The van der Waals surface area contributed by atoms with Gasteiger partial charge in [-0.05, 0) is 0 Å². The Kier molecular flexibility index (Phi) is 17.1. The van der Waals surface area contributed by atoms with Crippen molar-refractivity contribution in [2.24, 2.45) is 0 Å². The molecule has 1 aliphatic carbocycles. The molecule has 0 saturated carbocycles. The van der Waals surface area contributed by atoms with Crippen LogP contribution in [0.3, 0.4) is 0 Å². The van der Waals surface area contributed by atoms with Gasteiger partial charge in [-0.3, -0.25) is 14.4 Å². The van der Waals surface area contributed by atoms with Crippen LogP contribution in [-0.2, 0) is 48.9 Å². The van der Waals surface area contributed by atoms with Crippen molar-refractivity contribution in [3.63, 3.8) is 0 Å². The van der Waals surface area contributed by atoms with Gasteiger partial charge in [-0.2, -0.15) is 22.3 Å². The molecule has 0 amide bonds. The molecule has 0 radical (unpaired) electrons. The summed E-state index contributed by atoms with van der Waals surface area (Å²) in [5.41, 5.74) is 6.34. The minimum atomic E-state index is -0.833. The molecule has 136 valence electrons. The molecule has 3 N–H and O–H groups in total. The average molecular weight is 375 g/mol. The number of carboxylic acid groups (broad SMARTS) is 3. The topological polar surface area (TPSA) is 112 Å². The quantitative estimate of drug-likeness (QED) is 0.474. The minimum Gasteiger partial charge on any atom is -0.481 e. The van der Waals surface area contributed by atoms with Crippen LogP contribution in [0, 0.1) is 13.8 Å². The van der Waals surface area contributed by atoms with Crippen LogP contribution in [0.4, 0.5) is 0 Å². The molecule has 0 aliphatic heterocycles. The third kappa shape index (κ3) is 16.8. The van der Waals surface area contributed by atoms with Crippen LogP contribution in [0.1, 0.15) is 55.9 Å². The summed E-state index contributed by atoms with van der Waals surface area (Å²) in [6, 6.07) is 2.38. The Balaban J connectivity index is -0.000000288. The number of hydrogen-bond acceptors (Lipinski definition) is 3. The second-order valence-corrected chi connectivity index (χ2v) is 5.22. The van der Waals surface area contributed by atoms with E-state index in [-0.39, 0.29) is 21.7 Å². The first-order valence-electron chi connectivity index (χ1n) is 7.32. The molecule has 1 aliphatic rings. The maximum absolute atomic E-state index is 9.00. The van der Waals surface area contributed by atoms with Crippen molar-refractivity contribution >= 4 is 17.9 Å². The van der Waals surface area contributed by atoms with Gasteiger partial charge in [0.15, 0.2) is 0 Å². The van der Waals surface area contributed by atoms with Gasteiger partial charge in [-0.1, -0.05) is 39.5 Å². The van der Waals surface area contributed by atoms with Gasteiger partial charge < -0.3 is 15.3 Å². The van der Waals surface area contributed by atoms with Crippen molar-refractivity contribution in [1.82, 2.24) is 0 Å². The van der Waals surface area contributed by atoms with Gasteiger partial charge in [-0.25, -0.2) is 6.07 Å². The monoisotopic (exact) mass is 375 g/mol. The van der Waals surface area contributed by atoms with Gasteiger partial charge in [-0.15, -0.1) is 0 Å². The molecular formula is C17H27O6Ti-.